The van der Waals surface area contributed by atoms with E-state index in [2.05, 4.69) is 41.3 Å². The third-order valence-electron chi connectivity index (χ3n) is 4.89. The Morgan fingerprint density at radius 2 is 1.70 bits per heavy atom. The molecule has 5 heteroatoms. The van der Waals surface area contributed by atoms with Gasteiger partial charge in [0.25, 0.3) is 0 Å². The quantitative estimate of drug-likeness (QED) is 0.650. The summed E-state index contributed by atoms with van der Waals surface area (Å²) in [5.74, 6) is 2.77. The average molecular weight is 385 g/mol. The Bertz CT molecular complexity index is 698. The number of carbonyl (C=O) groups excluding carboxylic acids is 1. The maximum atomic E-state index is 12.4. The van der Waals surface area contributed by atoms with E-state index in [4.69, 9.17) is 4.74 Å². The number of hydrogen-bond donors (Lipinski definition) is 0. The van der Waals surface area contributed by atoms with Gasteiger partial charge in [0, 0.05) is 31.9 Å². The minimum Gasteiger partial charge on any atom is -0.497 e. The van der Waals surface area contributed by atoms with Crippen molar-refractivity contribution in [1.82, 2.24) is 4.90 Å². The summed E-state index contributed by atoms with van der Waals surface area (Å²) >= 11 is 1.76. The molecular formula is C22H28N2O2S. The summed E-state index contributed by atoms with van der Waals surface area (Å²) in [6.07, 6.45) is 2.20. The average Bonchev–Trinajstić information content (AvgIpc) is 2.74. The number of carbonyl (C=O) groups is 1. The molecule has 2 aromatic rings. The predicted molar refractivity (Wildman–Crippen MR) is 114 cm³/mol. The highest BCUT2D eigenvalue weighted by molar-refractivity contribution is 7.99. The third kappa shape index (κ3) is 5.93. The molecule has 1 aliphatic rings. The molecule has 0 N–H and O–H groups in total. The maximum Gasteiger partial charge on any atom is 0.232 e. The predicted octanol–water partition coefficient (Wildman–Crippen LogP) is 3.71. The van der Waals surface area contributed by atoms with Crippen LogP contribution in [0.4, 0.5) is 5.69 Å². The first kappa shape index (κ1) is 19.6. The lowest BCUT2D eigenvalue weighted by atomic mass is 10.1. The molecule has 0 spiro atoms. The molecule has 144 valence electrons. The van der Waals surface area contributed by atoms with Crippen LogP contribution in [0.1, 0.15) is 12.0 Å². The fourth-order valence-electron chi connectivity index (χ4n) is 3.28. The number of benzene rings is 2. The van der Waals surface area contributed by atoms with E-state index < -0.39 is 0 Å². The van der Waals surface area contributed by atoms with Crippen molar-refractivity contribution in [1.29, 1.82) is 0 Å². The lowest BCUT2D eigenvalue weighted by Gasteiger charge is -2.36. The van der Waals surface area contributed by atoms with Crippen LogP contribution >= 0.6 is 11.8 Å². The van der Waals surface area contributed by atoms with Crippen molar-refractivity contribution in [3.05, 3.63) is 60.2 Å². The van der Waals surface area contributed by atoms with Crippen LogP contribution in [0, 0.1) is 0 Å². The van der Waals surface area contributed by atoms with E-state index in [1.165, 1.54) is 11.3 Å². The summed E-state index contributed by atoms with van der Waals surface area (Å²) < 4.78 is 5.21. The van der Waals surface area contributed by atoms with Crippen molar-refractivity contribution >= 4 is 23.4 Å². The SMILES string of the molecule is COc1ccc(N2CCN(C(=O)CSCCCc3ccccc3)CC2)cc1. The number of nitrogens with zero attached hydrogens (tertiary/aromatic N) is 2. The molecule has 0 unspecified atom stereocenters. The van der Waals surface area contributed by atoms with Crippen LogP contribution in [0.3, 0.4) is 0 Å². The fourth-order valence-corrected chi connectivity index (χ4v) is 4.13. The molecule has 0 aliphatic carbocycles. The lowest BCUT2D eigenvalue weighted by molar-refractivity contribution is -0.128. The van der Waals surface area contributed by atoms with Gasteiger partial charge in [-0.25, -0.2) is 0 Å². The normalized spacial score (nSPS) is 14.3. The molecule has 0 aromatic heterocycles. The van der Waals surface area contributed by atoms with Gasteiger partial charge in [0.15, 0.2) is 0 Å². The second-order valence-corrected chi connectivity index (χ2v) is 7.81. The molecule has 1 heterocycles. The van der Waals surface area contributed by atoms with Gasteiger partial charge in [-0.05, 0) is 48.4 Å². The molecule has 2 aromatic carbocycles. The highest BCUT2D eigenvalue weighted by Gasteiger charge is 2.21. The fraction of sp³-hybridized carbons (Fsp3) is 0.409. The largest absolute Gasteiger partial charge is 0.497 e. The van der Waals surface area contributed by atoms with Crippen molar-refractivity contribution in [2.75, 3.05) is 49.7 Å². The molecule has 1 amide bonds. The smallest absolute Gasteiger partial charge is 0.232 e. The zero-order chi connectivity index (χ0) is 18.9. The van der Waals surface area contributed by atoms with Gasteiger partial charge in [0.1, 0.15) is 5.75 Å². The van der Waals surface area contributed by atoms with E-state index in [0.29, 0.717) is 5.75 Å². The Morgan fingerprint density at radius 1 is 1.00 bits per heavy atom. The van der Waals surface area contributed by atoms with Crippen LogP contribution in [0.5, 0.6) is 5.75 Å². The summed E-state index contributed by atoms with van der Waals surface area (Å²) in [4.78, 5) is 16.8. The first-order chi connectivity index (χ1) is 13.3. The summed E-state index contributed by atoms with van der Waals surface area (Å²) in [5.41, 5.74) is 2.57. The number of hydrogen-bond acceptors (Lipinski definition) is 4. The van der Waals surface area contributed by atoms with Gasteiger partial charge in [0.05, 0.1) is 12.9 Å². The zero-order valence-corrected chi connectivity index (χ0v) is 16.8. The summed E-state index contributed by atoms with van der Waals surface area (Å²) in [6.45, 7) is 3.37. The highest BCUT2D eigenvalue weighted by atomic mass is 32.2. The van der Waals surface area contributed by atoms with E-state index in [-0.39, 0.29) is 5.91 Å². The molecule has 27 heavy (non-hydrogen) atoms. The molecule has 1 saturated heterocycles. The van der Waals surface area contributed by atoms with Crippen molar-refractivity contribution < 1.29 is 9.53 Å². The van der Waals surface area contributed by atoms with E-state index in [1.54, 1.807) is 18.9 Å². The standard InChI is InChI=1S/C22H28N2O2S/c1-26-21-11-9-20(10-12-21)23-13-15-24(16-14-23)22(25)18-27-17-5-8-19-6-3-2-4-7-19/h2-4,6-7,9-12H,5,8,13-18H2,1H3. The molecule has 1 fully saturated rings. The number of rotatable bonds is 8. The first-order valence-electron chi connectivity index (χ1n) is 9.55. The maximum absolute atomic E-state index is 12.4. The van der Waals surface area contributed by atoms with Gasteiger partial charge in [-0.2, -0.15) is 11.8 Å². The van der Waals surface area contributed by atoms with Gasteiger partial charge in [-0.15, -0.1) is 0 Å². The molecule has 0 radical (unpaired) electrons. The minimum absolute atomic E-state index is 0.272. The summed E-state index contributed by atoms with van der Waals surface area (Å²) in [6, 6.07) is 18.7. The summed E-state index contributed by atoms with van der Waals surface area (Å²) in [5, 5.41) is 0. The molecular weight excluding hydrogens is 356 g/mol. The molecule has 1 aliphatic heterocycles. The Labute approximate surface area is 166 Å². The van der Waals surface area contributed by atoms with Gasteiger partial charge in [-0.3, -0.25) is 4.79 Å². The van der Waals surface area contributed by atoms with Crippen molar-refractivity contribution in [2.45, 2.75) is 12.8 Å². The number of thioether (sulfide) groups is 1. The Morgan fingerprint density at radius 3 is 2.37 bits per heavy atom. The van der Waals surface area contributed by atoms with Crippen LogP contribution in [0.15, 0.2) is 54.6 Å². The Hall–Kier alpha value is -2.14. The van der Waals surface area contributed by atoms with Crippen molar-refractivity contribution in [3.8, 4) is 5.75 Å². The molecule has 4 nitrogen and oxygen atoms in total. The van der Waals surface area contributed by atoms with Crippen LogP contribution in [-0.4, -0.2) is 55.6 Å². The van der Waals surface area contributed by atoms with Crippen LogP contribution < -0.4 is 9.64 Å². The Balaban J connectivity index is 1.33. The lowest BCUT2D eigenvalue weighted by Crippen LogP contribution is -2.49. The number of aryl methyl sites for hydroxylation is 1. The monoisotopic (exact) mass is 384 g/mol. The number of methoxy groups -OCH3 is 1. The minimum atomic E-state index is 0.272. The van der Waals surface area contributed by atoms with Crippen LogP contribution in [0.2, 0.25) is 0 Å². The number of amides is 1. The highest BCUT2D eigenvalue weighted by Crippen LogP contribution is 2.20. The van der Waals surface area contributed by atoms with Gasteiger partial charge >= 0.3 is 0 Å². The number of ether oxygens (including phenoxy) is 1. The van der Waals surface area contributed by atoms with E-state index in [9.17, 15) is 4.79 Å². The van der Waals surface area contributed by atoms with Crippen molar-refractivity contribution in [2.24, 2.45) is 0 Å². The van der Waals surface area contributed by atoms with E-state index >= 15 is 0 Å². The van der Waals surface area contributed by atoms with Gasteiger partial charge < -0.3 is 14.5 Å². The number of anilines is 1. The van der Waals surface area contributed by atoms with Crippen LogP contribution in [-0.2, 0) is 11.2 Å². The van der Waals surface area contributed by atoms with E-state index in [0.717, 1.165) is 50.5 Å². The Kier molecular flexibility index (Phi) is 7.45. The third-order valence-corrected chi connectivity index (χ3v) is 5.92. The van der Waals surface area contributed by atoms with Crippen molar-refractivity contribution in [3.63, 3.8) is 0 Å². The molecule has 0 bridgehead atoms. The molecule has 3 rings (SSSR count). The first-order valence-corrected chi connectivity index (χ1v) is 10.7. The second-order valence-electron chi connectivity index (χ2n) is 6.71. The van der Waals surface area contributed by atoms with E-state index in [1.807, 2.05) is 23.1 Å². The topological polar surface area (TPSA) is 32.8 Å². The van der Waals surface area contributed by atoms with Gasteiger partial charge in [0.2, 0.25) is 5.91 Å². The van der Waals surface area contributed by atoms with Gasteiger partial charge in [-0.1, -0.05) is 30.3 Å². The zero-order valence-electron chi connectivity index (χ0n) is 16.0. The molecule has 0 saturated carbocycles. The van der Waals surface area contributed by atoms with Crippen LogP contribution in [0.25, 0.3) is 0 Å². The second kappa shape index (κ2) is 10.3. The molecule has 0 atom stereocenters. The number of piperazine rings is 1. The summed E-state index contributed by atoms with van der Waals surface area (Å²) in [7, 11) is 1.68.